The SMILES string of the molecule is COc1ccc(OCCNc2cnnc(NCc3ccco3)n2)cc1. The van der Waals surface area contributed by atoms with Crippen LogP contribution in [0.1, 0.15) is 5.76 Å². The summed E-state index contributed by atoms with van der Waals surface area (Å²) in [6, 6.07) is 11.1. The standard InChI is InChI=1S/C17H19N5O3/c1-23-13-4-6-14(7-5-13)25-10-8-18-16-12-20-22-17(21-16)19-11-15-3-2-9-24-15/h2-7,9,12H,8,10-11H2,1H3,(H2,18,19,21,22). The third-order valence-corrected chi connectivity index (χ3v) is 3.30. The molecule has 0 fully saturated rings. The molecule has 0 aliphatic rings. The topological polar surface area (TPSA) is 94.3 Å². The second-order valence-electron chi connectivity index (χ2n) is 5.05. The van der Waals surface area contributed by atoms with E-state index in [-0.39, 0.29) is 0 Å². The highest BCUT2D eigenvalue weighted by Gasteiger charge is 2.02. The van der Waals surface area contributed by atoms with Crippen LogP contribution < -0.4 is 20.1 Å². The van der Waals surface area contributed by atoms with E-state index in [1.807, 2.05) is 36.4 Å². The first-order valence-electron chi connectivity index (χ1n) is 7.80. The molecule has 0 aliphatic heterocycles. The minimum absolute atomic E-state index is 0.428. The number of nitrogens with zero attached hydrogens (tertiary/aromatic N) is 3. The van der Waals surface area contributed by atoms with Gasteiger partial charge in [-0.15, -0.1) is 5.10 Å². The molecule has 8 heteroatoms. The summed E-state index contributed by atoms with van der Waals surface area (Å²) >= 11 is 0. The average Bonchev–Trinajstić information content (AvgIpc) is 3.18. The van der Waals surface area contributed by atoms with Crippen LogP contribution in [0.4, 0.5) is 11.8 Å². The van der Waals surface area contributed by atoms with Crippen molar-refractivity contribution in [2.45, 2.75) is 6.54 Å². The normalized spacial score (nSPS) is 10.3. The second-order valence-corrected chi connectivity index (χ2v) is 5.05. The Kier molecular flexibility index (Phi) is 5.65. The van der Waals surface area contributed by atoms with Crippen molar-refractivity contribution in [3.8, 4) is 11.5 Å². The van der Waals surface area contributed by atoms with E-state index in [9.17, 15) is 0 Å². The number of benzene rings is 1. The molecule has 0 bridgehead atoms. The molecule has 2 aromatic heterocycles. The average molecular weight is 341 g/mol. The first-order valence-corrected chi connectivity index (χ1v) is 7.80. The lowest BCUT2D eigenvalue weighted by molar-refractivity contribution is 0.331. The highest BCUT2D eigenvalue weighted by Crippen LogP contribution is 2.16. The fourth-order valence-electron chi connectivity index (χ4n) is 2.06. The van der Waals surface area contributed by atoms with Gasteiger partial charge in [0, 0.05) is 0 Å². The minimum Gasteiger partial charge on any atom is -0.497 e. The summed E-state index contributed by atoms with van der Waals surface area (Å²) in [5, 5.41) is 14.0. The molecule has 2 heterocycles. The Hall–Kier alpha value is -3.29. The van der Waals surface area contributed by atoms with Gasteiger partial charge in [0.25, 0.3) is 0 Å². The van der Waals surface area contributed by atoms with Crippen LogP contribution in [0.3, 0.4) is 0 Å². The molecule has 0 saturated heterocycles. The van der Waals surface area contributed by atoms with Gasteiger partial charge >= 0.3 is 0 Å². The lowest BCUT2D eigenvalue weighted by Gasteiger charge is -2.09. The van der Waals surface area contributed by atoms with E-state index in [1.54, 1.807) is 19.6 Å². The van der Waals surface area contributed by atoms with Crippen LogP contribution in [0, 0.1) is 0 Å². The van der Waals surface area contributed by atoms with Crippen LogP contribution in [-0.4, -0.2) is 35.4 Å². The second kappa shape index (κ2) is 8.53. The van der Waals surface area contributed by atoms with Gasteiger partial charge in [0.1, 0.15) is 23.9 Å². The van der Waals surface area contributed by atoms with Gasteiger partial charge in [-0.2, -0.15) is 10.1 Å². The van der Waals surface area contributed by atoms with Gasteiger partial charge in [0.15, 0.2) is 5.82 Å². The lowest BCUT2D eigenvalue weighted by atomic mass is 10.3. The zero-order valence-corrected chi connectivity index (χ0v) is 13.8. The van der Waals surface area contributed by atoms with E-state index < -0.39 is 0 Å². The molecule has 8 nitrogen and oxygen atoms in total. The Bertz CT molecular complexity index is 762. The summed E-state index contributed by atoms with van der Waals surface area (Å²) in [5.41, 5.74) is 0. The van der Waals surface area contributed by atoms with Crippen LogP contribution in [0.2, 0.25) is 0 Å². The molecular formula is C17H19N5O3. The summed E-state index contributed by atoms with van der Waals surface area (Å²) in [5.74, 6) is 3.43. The number of rotatable bonds is 9. The minimum atomic E-state index is 0.428. The fourth-order valence-corrected chi connectivity index (χ4v) is 2.06. The highest BCUT2D eigenvalue weighted by atomic mass is 16.5. The van der Waals surface area contributed by atoms with E-state index in [0.717, 1.165) is 17.3 Å². The number of furan rings is 1. The van der Waals surface area contributed by atoms with Gasteiger partial charge in [0.2, 0.25) is 5.95 Å². The van der Waals surface area contributed by atoms with Crippen molar-refractivity contribution < 1.29 is 13.9 Å². The maximum atomic E-state index is 5.64. The van der Waals surface area contributed by atoms with E-state index in [0.29, 0.717) is 31.5 Å². The van der Waals surface area contributed by atoms with Gasteiger partial charge in [-0.1, -0.05) is 0 Å². The molecule has 0 spiro atoms. The zero-order valence-electron chi connectivity index (χ0n) is 13.8. The Morgan fingerprint density at radius 3 is 2.68 bits per heavy atom. The smallest absolute Gasteiger partial charge is 0.245 e. The van der Waals surface area contributed by atoms with Gasteiger partial charge < -0.3 is 24.5 Å². The summed E-state index contributed by atoms with van der Waals surface area (Å²) in [6.07, 6.45) is 3.18. The zero-order chi connectivity index (χ0) is 17.3. The largest absolute Gasteiger partial charge is 0.497 e. The number of hydrogen-bond acceptors (Lipinski definition) is 8. The molecule has 0 radical (unpaired) electrons. The van der Waals surface area contributed by atoms with Crippen molar-refractivity contribution in [1.29, 1.82) is 0 Å². The monoisotopic (exact) mass is 341 g/mol. The van der Waals surface area contributed by atoms with Crippen molar-refractivity contribution in [1.82, 2.24) is 15.2 Å². The maximum absolute atomic E-state index is 5.64. The van der Waals surface area contributed by atoms with Crippen LogP contribution in [-0.2, 0) is 6.54 Å². The molecular weight excluding hydrogens is 322 g/mol. The molecule has 0 saturated carbocycles. The summed E-state index contributed by atoms with van der Waals surface area (Å²) < 4.78 is 16.0. The van der Waals surface area contributed by atoms with Crippen LogP contribution in [0.5, 0.6) is 11.5 Å². The Balaban J connectivity index is 1.42. The van der Waals surface area contributed by atoms with Crippen molar-refractivity contribution in [3.05, 3.63) is 54.6 Å². The molecule has 0 unspecified atom stereocenters. The Morgan fingerprint density at radius 1 is 1.08 bits per heavy atom. The van der Waals surface area contributed by atoms with Gasteiger partial charge in [0.05, 0.1) is 32.7 Å². The van der Waals surface area contributed by atoms with Crippen LogP contribution in [0.25, 0.3) is 0 Å². The number of hydrogen-bond donors (Lipinski definition) is 2. The quantitative estimate of drug-likeness (QED) is 0.574. The number of methoxy groups -OCH3 is 1. The van der Waals surface area contributed by atoms with E-state index in [4.69, 9.17) is 13.9 Å². The lowest BCUT2D eigenvalue weighted by Crippen LogP contribution is -2.13. The van der Waals surface area contributed by atoms with Crippen molar-refractivity contribution >= 4 is 11.8 Å². The Morgan fingerprint density at radius 2 is 1.92 bits per heavy atom. The van der Waals surface area contributed by atoms with Gasteiger partial charge in [-0.25, -0.2) is 0 Å². The summed E-state index contributed by atoms with van der Waals surface area (Å²) in [4.78, 5) is 4.33. The fraction of sp³-hybridized carbons (Fsp3) is 0.235. The van der Waals surface area contributed by atoms with E-state index >= 15 is 0 Å². The molecule has 130 valence electrons. The van der Waals surface area contributed by atoms with Crippen molar-refractivity contribution in [3.63, 3.8) is 0 Å². The number of nitrogens with one attached hydrogen (secondary N) is 2. The molecule has 1 aromatic carbocycles. The van der Waals surface area contributed by atoms with Gasteiger partial charge in [-0.05, 0) is 36.4 Å². The van der Waals surface area contributed by atoms with E-state index in [2.05, 4.69) is 25.8 Å². The molecule has 3 aromatic rings. The number of ether oxygens (including phenoxy) is 2. The molecule has 2 N–H and O–H groups in total. The highest BCUT2D eigenvalue weighted by molar-refractivity contribution is 5.37. The third-order valence-electron chi connectivity index (χ3n) is 3.30. The third kappa shape index (κ3) is 5.10. The molecule has 25 heavy (non-hydrogen) atoms. The first kappa shape index (κ1) is 16.6. The van der Waals surface area contributed by atoms with Crippen LogP contribution in [0.15, 0.2) is 53.3 Å². The molecule has 0 atom stereocenters. The van der Waals surface area contributed by atoms with Gasteiger partial charge in [-0.3, -0.25) is 0 Å². The summed E-state index contributed by atoms with van der Waals surface area (Å²) in [7, 11) is 1.63. The predicted octanol–water partition coefficient (Wildman–Crippen LogP) is 2.58. The molecule has 0 aliphatic carbocycles. The van der Waals surface area contributed by atoms with Crippen molar-refractivity contribution in [2.75, 3.05) is 30.9 Å². The van der Waals surface area contributed by atoms with Crippen LogP contribution >= 0.6 is 0 Å². The summed E-state index contributed by atoms with van der Waals surface area (Å²) in [6.45, 7) is 1.58. The number of aromatic nitrogens is 3. The van der Waals surface area contributed by atoms with Crippen molar-refractivity contribution in [2.24, 2.45) is 0 Å². The first-order chi connectivity index (χ1) is 12.3. The molecule has 0 amide bonds. The predicted molar refractivity (Wildman–Crippen MR) is 92.8 cm³/mol. The maximum Gasteiger partial charge on any atom is 0.245 e. The Labute approximate surface area is 145 Å². The molecule has 3 rings (SSSR count). The number of anilines is 2. The van der Waals surface area contributed by atoms with E-state index in [1.165, 1.54) is 0 Å².